The number of aromatic hydroxyl groups is 1. The van der Waals surface area contributed by atoms with Gasteiger partial charge in [-0.2, -0.15) is 0 Å². The van der Waals surface area contributed by atoms with Crippen LogP contribution in [0.25, 0.3) is 0 Å². The predicted molar refractivity (Wildman–Crippen MR) is 121 cm³/mol. The first-order valence-electron chi connectivity index (χ1n) is 11.4. The monoisotopic (exact) mass is 409 g/mol. The molecular weight excluding hydrogens is 370 g/mol. The summed E-state index contributed by atoms with van der Waals surface area (Å²) in [5.74, 6) is 0.0403. The van der Waals surface area contributed by atoms with Gasteiger partial charge in [-0.05, 0) is 24.6 Å². The maximum absolute atomic E-state index is 11.9. The smallest absolute Gasteiger partial charge is 0.224 e. The predicted octanol–water partition coefficient (Wildman–Crippen LogP) is 8.25. The highest BCUT2D eigenvalue weighted by atomic mass is 35.5. The standard InChI is InChI=1S/C24H40ClNO2/c1-2-3-4-5-6-7-8-9-10-11-12-13-14-15-16-17-24(28)26-21-18-19-23(27)22(25)20-21/h18-20,27H,2-17H2,1H3,(H,26,28). The fourth-order valence-corrected chi connectivity index (χ4v) is 3.65. The van der Waals surface area contributed by atoms with E-state index in [2.05, 4.69) is 12.2 Å². The molecule has 0 bridgehead atoms. The third-order valence-corrected chi connectivity index (χ3v) is 5.54. The molecule has 0 aliphatic heterocycles. The molecule has 0 aromatic heterocycles. The molecule has 0 saturated carbocycles. The maximum Gasteiger partial charge on any atom is 0.224 e. The van der Waals surface area contributed by atoms with Crippen molar-refractivity contribution >= 4 is 23.2 Å². The molecule has 160 valence electrons. The van der Waals surface area contributed by atoms with Crippen LogP contribution in [0.1, 0.15) is 110 Å². The molecule has 0 fully saturated rings. The number of rotatable bonds is 17. The molecule has 0 heterocycles. The average molecular weight is 410 g/mol. The van der Waals surface area contributed by atoms with Crippen LogP contribution < -0.4 is 5.32 Å². The Morgan fingerprint density at radius 2 is 1.29 bits per heavy atom. The fraction of sp³-hybridized carbons (Fsp3) is 0.708. The van der Waals surface area contributed by atoms with Gasteiger partial charge < -0.3 is 10.4 Å². The van der Waals surface area contributed by atoms with Crippen LogP contribution in [0.15, 0.2) is 18.2 Å². The zero-order chi connectivity index (χ0) is 20.5. The van der Waals surface area contributed by atoms with Gasteiger partial charge in [-0.25, -0.2) is 0 Å². The second-order valence-electron chi connectivity index (χ2n) is 7.91. The van der Waals surface area contributed by atoms with Gasteiger partial charge in [0.15, 0.2) is 0 Å². The number of phenols is 1. The first-order valence-corrected chi connectivity index (χ1v) is 11.8. The molecule has 0 aliphatic rings. The van der Waals surface area contributed by atoms with Gasteiger partial charge in [-0.15, -0.1) is 0 Å². The second-order valence-corrected chi connectivity index (χ2v) is 8.32. The molecule has 4 heteroatoms. The molecule has 1 amide bonds. The van der Waals surface area contributed by atoms with Gasteiger partial charge in [0.05, 0.1) is 5.02 Å². The lowest BCUT2D eigenvalue weighted by molar-refractivity contribution is -0.116. The minimum Gasteiger partial charge on any atom is -0.506 e. The van der Waals surface area contributed by atoms with E-state index >= 15 is 0 Å². The van der Waals surface area contributed by atoms with Crippen LogP contribution in [0, 0.1) is 0 Å². The number of unbranched alkanes of at least 4 members (excludes halogenated alkanes) is 14. The van der Waals surface area contributed by atoms with Crippen molar-refractivity contribution in [1.29, 1.82) is 0 Å². The van der Waals surface area contributed by atoms with Crippen LogP contribution in [0.5, 0.6) is 5.75 Å². The summed E-state index contributed by atoms with van der Waals surface area (Å²) in [4.78, 5) is 11.9. The van der Waals surface area contributed by atoms with Crippen LogP contribution in [0.4, 0.5) is 5.69 Å². The summed E-state index contributed by atoms with van der Waals surface area (Å²) in [6.45, 7) is 2.27. The van der Waals surface area contributed by atoms with Crippen LogP contribution >= 0.6 is 11.6 Å². The van der Waals surface area contributed by atoms with Crippen LogP contribution in [-0.4, -0.2) is 11.0 Å². The van der Waals surface area contributed by atoms with Gasteiger partial charge >= 0.3 is 0 Å². The Labute approximate surface area is 177 Å². The Morgan fingerprint density at radius 1 is 0.821 bits per heavy atom. The molecule has 2 N–H and O–H groups in total. The van der Waals surface area contributed by atoms with Crippen molar-refractivity contribution in [1.82, 2.24) is 0 Å². The average Bonchev–Trinajstić information content (AvgIpc) is 2.68. The molecule has 0 unspecified atom stereocenters. The van der Waals surface area contributed by atoms with Crippen molar-refractivity contribution in [3.63, 3.8) is 0 Å². The molecule has 0 radical (unpaired) electrons. The molecule has 0 spiro atoms. The highest BCUT2D eigenvalue weighted by Crippen LogP contribution is 2.26. The van der Waals surface area contributed by atoms with Gasteiger partial charge in [0.2, 0.25) is 5.91 Å². The molecule has 0 atom stereocenters. The third-order valence-electron chi connectivity index (χ3n) is 5.24. The Morgan fingerprint density at radius 3 is 1.75 bits per heavy atom. The number of phenolic OH excluding ortho intramolecular Hbond substituents is 1. The minimum atomic E-state index is 0.0106. The molecular formula is C24H40ClNO2. The lowest BCUT2D eigenvalue weighted by atomic mass is 10.0. The van der Waals surface area contributed by atoms with Gasteiger partial charge in [0.1, 0.15) is 5.75 Å². The lowest BCUT2D eigenvalue weighted by Crippen LogP contribution is -2.10. The number of carbonyl (C=O) groups is 1. The number of hydrogen-bond acceptors (Lipinski definition) is 2. The first kappa shape index (κ1) is 24.8. The van der Waals surface area contributed by atoms with E-state index < -0.39 is 0 Å². The van der Waals surface area contributed by atoms with Gasteiger partial charge in [-0.3, -0.25) is 4.79 Å². The topological polar surface area (TPSA) is 49.3 Å². The Bertz CT molecular complexity index is 533. The lowest BCUT2D eigenvalue weighted by Gasteiger charge is -2.06. The van der Waals surface area contributed by atoms with Crippen molar-refractivity contribution in [3.8, 4) is 5.75 Å². The number of benzene rings is 1. The molecule has 1 rings (SSSR count). The number of halogens is 1. The van der Waals surface area contributed by atoms with E-state index in [4.69, 9.17) is 11.6 Å². The van der Waals surface area contributed by atoms with Gasteiger partial charge in [-0.1, -0.05) is 108 Å². The summed E-state index contributed by atoms with van der Waals surface area (Å²) in [5.41, 5.74) is 0.633. The number of amides is 1. The number of nitrogens with one attached hydrogen (secondary N) is 1. The van der Waals surface area contributed by atoms with Crippen molar-refractivity contribution in [2.24, 2.45) is 0 Å². The number of anilines is 1. The molecule has 0 aliphatic carbocycles. The summed E-state index contributed by atoms with van der Waals surface area (Å²) in [6, 6.07) is 4.72. The van der Waals surface area contributed by atoms with Crippen molar-refractivity contribution in [3.05, 3.63) is 23.2 Å². The minimum absolute atomic E-state index is 0.0106. The summed E-state index contributed by atoms with van der Waals surface area (Å²) >= 11 is 5.84. The zero-order valence-electron chi connectivity index (χ0n) is 17.8. The van der Waals surface area contributed by atoms with Crippen LogP contribution in [-0.2, 0) is 4.79 Å². The Kier molecular flexibility index (Phi) is 14.8. The van der Waals surface area contributed by atoms with Crippen LogP contribution in [0.3, 0.4) is 0 Å². The van der Waals surface area contributed by atoms with E-state index in [0.29, 0.717) is 12.1 Å². The quantitative estimate of drug-likeness (QED) is 0.201. The summed E-state index contributed by atoms with van der Waals surface area (Å²) in [5, 5.41) is 12.5. The molecule has 0 saturated heterocycles. The highest BCUT2D eigenvalue weighted by molar-refractivity contribution is 6.32. The van der Waals surface area contributed by atoms with E-state index in [9.17, 15) is 9.90 Å². The molecule has 1 aromatic carbocycles. The molecule has 3 nitrogen and oxygen atoms in total. The van der Waals surface area contributed by atoms with Crippen molar-refractivity contribution < 1.29 is 9.90 Å². The number of carbonyl (C=O) groups excluding carboxylic acids is 1. The zero-order valence-corrected chi connectivity index (χ0v) is 18.5. The first-order chi connectivity index (χ1) is 13.6. The summed E-state index contributed by atoms with van der Waals surface area (Å²) < 4.78 is 0. The number of hydrogen-bond donors (Lipinski definition) is 2. The normalized spacial score (nSPS) is 10.9. The van der Waals surface area contributed by atoms with Gasteiger partial charge in [0.25, 0.3) is 0 Å². The molecule has 28 heavy (non-hydrogen) atoms. The van der Waals surface area contributed by atoms with E-state index in [-0.39, 0.29) is 16.7 Å². The molecule has 1 aromatic rings. The van der Waals surface area contributed by atoms with Crippen molar-refractivity contribution in [2.45, 2.75) is 110 Å². The van der Waals surface area contributed by atoms with E-state index in [0.717, 1.165) is 12.8 Å². The van der Waals surface area contributed by atoms with Gasteiger partial charge in [0, 0.05) is 12.1 Å². The third kappa shape index (κ3) is 13.0. The fourth-order valence-electron chi connectivity index (χ4n) is 3.47. The summed E-state index contributed by atoms with van der Waals surface area (Å²) in [6.07, 6.45) is 20.4. The second kappa shape index (κ2) is 16.7. The van der Waals surface area contributed by atoms with E-state index in [1.807, 2.05) is 0 Å². The Balaban J connectivity index is 1.86. The maximum atomic E-state index is 11.9. The highest BCUT2D eigenvalue weighted by Gasteiger charge is 2.05. The van der Waals surface area contributed by atoms with Crippen LogP contribution in [0.2, 0.25) is 5.02 Å². The van der Waals surface area contributed by atoms with E-state index in [1.54, 1.807) is 12.1 Å². The SMILES string of the molecule is CCCCCCCCCCCCCCCCCC(=O)Nc1ccc(O)c(Cl)c1. The van der Waals surface area contributed by atoms with Crippen molar-refractivity contribution in [2.75, 3.05) is 5.32 Å². The summed E-state index contributed by atoms with van der Waals surface area (Å²) in [7, 11) is 0. The largest absolute Gasteiger partial charge is 0.506 e. The van der Waals surface area contributed by atoms with E-state index in [1.165, 1.54) is 89.5 Å². The Hall–Kier alpha value is -1.22.